The largest absolute Gasteiger partial charge is 0.394 e. The maximum Gasteiger partial charge on any atom is 0.270 e. The van der Waals surface area contributed by atoms with Crippen LogP contribution in [-0.2, 0) is 0 Å². The van der Waals surface area contributed by atoms with Gasteiger partial charge in [-0.2, -0.15) is 0 Å². The van der Waals surface area contributed by atoms with Gasteiger partial charge in [-0.15, -0.1) is 0 Å². The fourth-order valence-corrected chi connectivity index (χ4v) is 1.34. The molecule has 0 fully saturated rings. The number of nitrogens with two attached hydrogens (primary N) is 1. The van der Waals surface area contributed by atoms with Gasteiger partial charge < -0.3 is 10.8 Å². The second-order valence-corrected chi connectivity index (χ2v) is 3.16. The Kier molecular flexibility index (Phi) is 3.40. The van der Waals surface area contributed by atoms with E-state index in [2.05, 4.69) is 0 Å². The van der Waals surface area contributed by atoms with Crippen molar-refractivity contribution in [3.63, 3.8) is 0 Å². The zero-order valence-corrected chi connectivity index (χ0v) is 7.94. The molecular formula is C8H9ClN2O3. The molecule has 0 spiro atoms. The second-order valence-electron chi connectivity index (χ2n) is 2.75. The first kappa shape index (κ1) is 10.9. The molecule has 0 aromatic heterocycles. The molecule has 0 radical (unpaired) electrons. The molecule has 6 heteroatoms. The molecule has 1 atom stereocenters. The molecule has 0 unspecified atom stereocenters. The lowest BCUT2D eigenvalue weighted by atomic mass is 10.1. The van der Waals surface area contributed by atoms with Crippen LogP contribution in [0.2, 0.25) is 5.02 Å². The smallest absolute Gasteiger partial charge is 0.270 e. The summed E-state index contributed by atoms with van der Waals surface area (Å²) in [4.78, 5) is 9.83. The maximum absolute atomic E-state index is 10.4. The Balaban J connectivity index is 3.07. The summed E-state index contributed by atoms with van der Waals surface area (Å²) in [5.41, 5.74) is 5.92. The fourth-order valence-electron chi connectivity index (χ4n) is 1.03. The van der Waals surface area contributed by atoms with Crippen molar-refractivity contribution < 1.29 is 10.0 Å². The van der Waals surface area contributed by atoms with Crippen LogP contribution in [0.5, 0.6) is 0 Å². The summed E-state index contributed by atoms with van der Waals surface area (Å²) in [6.45, 7) is -0.252. The van der Waals surface area contributed by atoms with E-state index in [1.807, 2.05) is 0 Å². The minimum atomic E-state index is -0.608. The molecule has 1 aromatic rings. The number of halogens is 1. The average molecular weight is 217 g/mol. The maximum atomic E-state index is 10.4. The molecule has 0 aliphatic carbocycles. The van der Waals surface area contributed by atoms with E-state index < -0.39 is 11.0 Å². The molecule has 0 amide bonds. The molecule has 14 heavy (non-hydrogen) atoms. The van der Waals surface area contributed by atoms with Gasteiger partial charge in [0.1, 0.15) is 0 Å². The number of hydrogen-bond donors (Lipinski definition) is 2. The van der Waals surface area contributed by atoms with Gasteiger partial charge in [-0.1, -0.05) is 11.6 Å². The van der Waals surface area contributed by atoms with Crippen molar-refractivity contribution in [2.45, 2.75) is 6.04 Å². The summed E-state index contributed by atoms with van der Waals surface area (Å²) >= 11 is 5.75. The molecule has 5 nitrogen and oxygen atoms in total. The number of rotatable bonds is 3. The van der Waals surface area contributed by atoms with E-state index in [0.29, 0.717) is 5.56 Å². The molecule has 0 aliphatic rings. The van der Waals surface area contributed by atoms with Crippen molar-refractivity contribution in [2.24, 2.45) is 5.73 Å². The van der Waals surface area contributed by atoms with Gasteiger partial charge in [0, 0.05) is 12.1 Å². The zero-order chi connectivity index (χ0) is 10.7. The van der Waals surface area contributed by atoms with Gasteiger partial charge in [0.15, 0.2) is 0 Å². The number of nitro groups is 1. The highest BCUT2D eigenvalue weighted by Crippen LogP contribution is 2.25. The van der Waals surface area contributed by atoms with Crippen molar-refractivity contribution in [1.82, 2.24) is 0 Å². The summed E-state index contributed by atoms with van der Waals surface area (Å²) < 4.78 is 0. The van der Waals surface area contributed by atoms with Gasteiger partial charge in [-0.25, -0.2) is 0 Å². The highest BCUT2D eigenvalue weighted by molar-refractivity contribution is 6.31. The van der Waals surface area contributed by atoms with Gasteiger partial charge in [0.25, 0.3) is 5.69 Å². The number of hydrogen-bond acceptors (Lipinski definition) is 4. The highest BCUT2D eigenvalue weighted by atomic mass is 35.5. The molecule has 0 saturated carbocycles. The van der Waals surface area contributed by atoms with Crippen LogP contribution < -0.4 is 5.73 Å². The van der Waals surface area contributed by atoms with E-state index >= 15 is 0 Å². The predicted molar refractivity (Wildman–Crippen MR) is 52.1 cm³/mol. The Morgan fingerprint density at radius 1 is 1.64 bits per heavy atom. The molecule has 76 valence electrons. The van der Waals surface area contributed by atoms with Crippen molar-refractivity contribution in [2.75, 3.05) is 6.61 Å². The van der Waals surface area contributed by atoms with Crippen LogP contribution in [0.1, 0.15) is 11.6 Å². The second kappa shape index (κ2) is 4.36. The van der Waals surface area contributed by atoms with Gasteiger partial charge >= 0.3 is 0 Å². The minimum absolute atomic E-state index is 0.0936. The molecule has 1 aromatic carbocycles. The Morgan fingerprint density at radius 2 is 2.29 bits per heavy atom. The summed E-state index contributed by atoms with van der Waals surface area (Å²) in [5, 5.41) is 19.3. The lowest BCUT2D eigenvalue weighted by molar-refractivity contribution is -0.384. The normalized spacial score (nSPS) is 12.5. The standard InChI is InChI=1S/C8H9ClN2O3/c9-7-3-5(11(13)14)1-2-6(7)8(10)4-12/h1-3,8,12H,4,10H2/t8-/m1/s1. The monoisotopic (exact) mass is 216 g/mol. The third kappa shape index (κ3) is 2.20. The van der Waals surface area contributed by atoms with Gasteiger partial charge in [-0.05, 0) is 11.6 Å². The summed E-state index contributed by atoms with van der Waals surface area (Å²) in [6, 6.07) is 3.35. The third-order valence-corrected chi connectivity index (χ3v) is 2.12. The first-order valence-corrected chi connectivity index (χ1v) is 4.24. The molecule has 0 heterocycles. The Bertz CT molecular complexity index is 356. The lowest BCUT2D eigenvalue weighted by Crippen LogP contribution is -2.14. The number of nitrogens with zero attached hydrogens (tertiary/aromatic N) is 1. The first-order valence-electron chi connectivity index (χ1n) is 3.86. The molecule has 0 bridgehead atoms. The van der Waals surface area contributed by atoms with Crippen LogP contribution >= 0.6 is 11.6 Å². The van der Waals surface area contributed by atoms with Crippen molar-refractivity contribution in [3.05, 3.63) is 38.9 Å². The van der Waals surface area contributed by atoms with Gasteiger partial charge in [-0.3, -0.25) is 10.1 Å². The van der Waals surface area contributed by atoms with Crippen LogP contribution in [-0.4, -0.2) is 16.6 Å². The van der Waals surface area contributed by atoms with E-state index in [1.54, 1.807) is 0 Å². The quantitative estimate of drug-likeness (QED) is 0.588. The van der Waals surface area contributed by atoms with Gasteiger partial charge in [0.05, 0.1) is 22.6 Å². The third-order valence-electron chi connectivity index (χ3n) is 1.79. The molecular weight excluding hydrogens is 208 g/mol. The topological polar surface area (TPSA) is 89.4 Å². The molecule has 3 N–H and O–H groups in total. The Labute approximate surface area is 85.3 Å². The van der Waals surface area contributed by atoms with Crippen LogP contribution in [0.25, 0.3) is 0 Å². The van der Waals surface area contributed by atoms with Crippen LogP contribution in [0.3, 0.4) is 0 Å². The summed E-state index contributed by atoms with van der Waals surface area (Å²) in [6.07, 6.45) is 0. The average Bonchev–Trinajstić information content (AvgIpc) is 2.16. The summed E-state index contributed by atoms with van der Waals surface area (Å²) in [5.74, 6) is 0. The van der Waals surface area contributed by atoms with E-state index in [9.17, 15) is 10.1 Å². The number of aliphatic hydroxyl groups is 1. The number of non-ortho nitro benzene ring substituents is 1. The number of nitro benzene ring substituents is 1. The van der Waals surface area contributed by atoms with E-state index in [-0.39, 0.29) is 17.3 Å². The van der Waals surface area contributed by atoms with Gasteiger partial charge in [0.2, 0.25) is 0 Å². The minimum Gasteiger partial charge on any atom is -0.394 e. The zero-order valence-electron chi connectivity index (χ0n) is 7.18. The van der Waals surface area contributed by atoms with Crippen LogP contribution in [0.4, 0.5) is 5.69 Å². The van der Waals surface area contributed by atoms with Crippen LogP contribution in [0.15, 0.2) is 18.2 Å². The number of benzene rings is 1. The summed E-state index contributed by atoms with van der Waals surface area (Å²) in [7, 11) is 0. The van der Waals surface area contributed by atoms with E-state index in [0.717, 1.165) is 0 Å². The van der Waals surface area contributed by atoms with Crippen LogP contribution in [0, 0.1) is 10.1 Å². The van der Waals surface area contributed by atoms with E-state index in [4.69, 9.17) is 22.4 Å². The predicted octanol–water partition coefficient (Wildman–Crippen LogP) is 1.24. The first-order chi connectivity index (χ1) is 6.56. The SMILES string of the molecule is N[C@H](CO)c1ccc([N+](=O)[O-])cc1Cl. The molecule has 0 aliphatic heterocycles. The fraction of sp³-hybridized carbons (Fsp3) is 0.250. The Morgan fingerprint density at radius 3 is 2.71 bits per heavy atom. The van der Waals surface area contributed by atoms with Crippen molar-refractivity contribution in [3.8, 4) is 0 Å². The number of aliphatic hydroxyl groups excluding tert-OH is 1. The van der Waals surface area contributed by atoms with Crippen molar-refractivity contribution in [1.29, 1.82) is 0 Å². The Hall–Kier alpha value is -1.17. The van der Waals surface area contributed by atoms with Crippen molar-refractivity contribution >= 4 is 17.3 Å². The molecule has 1 rings (SSSR count). The lowest BCUT2D eigenvalue weighted by Gasteiger charge is -2.09. The highest BCUT2D eigenvalue weighted by Gasteiger charge is 2.13. The van der Waals surface area contributed by atoms with E-state index in [1.165, 1.54) is 18.2 Å². The molecule has 0 saturated heterocycles.